The van der Waals surface area contributed by atoms with Gasteiger partial charge >= 0.3 is 6.18 Å². The van der Waals surface area contributed by atoms with Crippen LogP contribution in [0.1, 0.15) is 43.9 Å². The summed E-state index contributed by atoms with van der Waals surface area (Å²) in [5.41, 5.74) is 5.38. The van der Waals surface area contributed by atoms with Gasteiger partial charge in [0.05, 0.1) is 17.7 Å². The molecule has 0 saturated carbocycles. The summed E-state index contributed by atoms with van der Waals surface area (Å²) in [5.74, 6) is 0.407. The molecule has 6 heteroatoms. The van der Waals surface area contributed by atoms with Crippen LogP contribution in [0.3, 0.4) is 0 Å². The number of alkyl halides is 3. The second kappa shape index (κ2) is 6.91. The number of benzene rings is 1. The summed E-state index contributed by atoms with van der Waals surface area (Å²) in [6, 6.07) is 2.68. The van der Waals surface area contributed by atoms with E-state index in [2.05, 4.69) is 15.9 Å². The molecule has 0 heterocycles. The SMILES string of the molecule is CC(C)CC[C@H](O)[C@H](N)c1cc(Br)cc(C(F)(F)F)c1. The molecule has 0 aliphatic carbocycles. The lowest BCUT2D eigenvalue weighted by molar-refractivity contribution is -0.137. The van der Waals surface area contributed by atoms with E-state index in [0.29, 0.717) is 16.8 Å². The topological polar surface area (TPSA) is 46.2 Å². The molecule has 0 spiro atoms. The van der Waals surface area contributed by atoms with Crippen molar-refractivity contribution in [2.24, 2.45) is 11.7 Å². The predicted molar refractivity (Wildman–Crippen MR) is 76.2 cm³/mol. The first-order chi connectivity index (χ1) is 9.11. The molecule has 0 fully saturated rings. The number of rotatable bonds is 5. The quantitative estimate of drug-likeness (QED) is 0.830. The average Bonchev–Trinajstić information content (AvgIpc) is 2.33. The lowest BCUT2D eigenvalue weighted by atomic mass is 9.95. The lowest BCUT2D eigenvalue weighted by Crippen LogP contribution is -2.27. The van der Waals surface area contributed by atoms with E-state index in [-0.39, 0.29) is 5.56 Å². The van der Waals surface area contributed by atoms with Gasteiger partial charge in [-0.15, -0.1) is 0 Å². The molecule has 1 aromatic rings. The van der Waals surface area contributed by atoms with Gasteiger partial charge in [-0.1, -0.05) is 29.8 Å². The number of halogens is 4. The molecule has 1 aromatic carbocycles. The molecule has 0 bridgehead atoms. The van der Waals surface area contributed by atoms with Crippen molar-refractivity contribution in [1.29, 1.82) is 0 Å². The van der Waals surface area contributed by atoms with Crippen LogP contribution in [0, 0.1) is 5.92 Å². The molecule has 2 atom stereocenters. The second-order valence-corrected chi connectivity index (χ2v) is 6.25. The van der Waals surface area contributed by atoms with Gasteiger partial charge in [-0.05, 0) is 42.5 Å². The first-order valence-electron chi connectivity index (χ1n) is 6.42. The van der Waals surface area contributed by atoms with Crippen molar-refractivity contribution < 1.29 is 18.3 Å². The minimum atomic E-state index is -4.43. The fraction of sp³-hybridized carbons (Fsp3) is 0.571. The van der Waals surface area contributed by atoms with E-state index < -0.39 is 23.9 Å². The highest BCUT2D eigenvalue weighted by atomic mass is 79.9. The first kappa shape index (κ1) is 17.5. The number of hydrogen-bond donors (Lipinski definition) is 2. The van der Waals surface area contributed by atoms with Gasteiger partial charge in [0.1, 0.15) is 0 Å². The molecule has 0 radical (unpaired) electrons. The zero-order valence-electron chi connectivity index (χ0n) is 11.4. The minimum absolute atomic E-state index is 0.281. The highest BCUT2D eigenvalue weighted by Gasteiger charge is 2.32. The Morgan fingerprint density at radius 1 is 1.20 bits per heavy atom. The fourth-order valence-electron chi connectivity index (χ4n) is 1.87. The molecule has 0 aromatic heterocycles. The Labute approximate surface area is 125 Å². The fourth-order valence-corrected chi connectivity index (χ4v) is 2.39. The number of aliphatic hydroxyl groups is 1. The molecule has 3 N–H and O–H groups in total. The van der Waals surface area contributed by atoms with Crippen LogP contribution >= 0.6 is 15.9 Å². The van der Waals surface area contributed by atoms with Crippen LogP contribution < -0.4 is 5.73 Å². The first-order valence-corrected chi connectivity index (χ1v) is 7.22. The molecule has 114 valence electrons. The van der Waals surface area contributed by atoms with Gasteiger partial charge in [-0.25, -0.2) is 0 Å². The van der Waals surface area contributed by atoms with E-state index in [0.717, 1.165) is 18.6 Å². The predicted octanol–water partition coefficient (Wildman–Crippen LogP) is 4.26. The van der Waals surface area contributed by atoms with Crippen molar-refractivity contribution >= 4 is 15.9 Å². The molecule has 0 unspecified atom stereocenters. The number of hydrogen-bond acceptors (Lipinski definition) is 2. The Morgan fingerprint density at radius 3 is 2.30 bits per heavy atom. The van der Waals surface area contributed by atoms with Crippen LogP contribution in [-0.2, 0) is 6.18 Å². The zero-order chi connectivity index (χ0) is 15.5. The molecular formula is C14H19BrF3NO. The van der Waals surface area contributed by atoms with E-state index in [1.165, 1.54) is 6.07 Å². The van der Waals surface area contributed by atoms with Gasteiger partial charge < -0.3 is 10.8 Å². The Morgan fingerprint density at radius 2 is 1.80 bits per heavy atom. The summed E-state index contributed by atoms with van der Waals surface area (Å²) < 4.78 is 38.5. The van der Waals surface area contributed by atoms with Crippen molar-refractivity contribution in [1.82, 2.24) is 0 Å². The monoisotopic (exact) mass is 353 g/mol. The van der Waals surface area contributed by atoms with Gasteiger partial charge in [-0.3, -0.25) is 0 Å². The number of nitrogens with two attached hydrogens (primary N) is 1. The molecular weight excluding hydrogens is 335 g/mol. The summed E-state index contributed by atoms with van der Waals surface area (Å²) in [7, 11) is 0. The van der Waals surface area contributed by atoms with Crippen LogP contribution in [0.25, 0.3) is 0 Å². The van der Waals surface area contributed by atoms with Crippen LogP contribution in [0.4, 0.5) is 13.2 Å². The van der Waals surface area contributed by atoms with Gasteiger partial charge in [0.2, 0.25) is 0 Å². The molecule has 0 amide bonds. The second-order valence-electron chi connectivity index (χ2n) is 5.34. The molecule has 0 saturated heterocycles. The highest BCUT2D eigenvalue weighted by molar-refractivity contribution is 9.10. The zero-order valence-corrected chi connectivity index (χ0v) is 13.0. The maximum Gasteiger partial charge on any atom is 0.416 e. The molecule has 1 rings (SSSR count). The van der Waals surface area contributed by atoms with Gasteiger partial charge in [0.25, 0.3) is 0 Å². The molecule has 0 aliphatic rings. The Kier molecular flexibility index (Phi) is 6.04. The molecule has 2 nitrogen and oxygen atoms in total. The normalized spacial score (nSPS) is 15.4. The highest BCUT2D eigenvalue weighted by Crippen LogP contribution is 2.33. The lowest BCUT2D eigenvalue weighted by Gasteiger charge is -2.21. The van der Waals surface area contributed by atoms with E-state index in [1.807, 2.05) is 13.8 Å². The van der Waals surface area contributed by atoms with E-state index in [9.17, 15) is 18.3 Å². The van der Waals surface area contributed by atoms with E-state index >= 15 is 0 Å². The minimum Gasteiger partial charge on any atom is -0.391 e. The third-order valence-electron chi connectivity index (χ3n) is 3.09. The maximum atomic E-state index is 12.7. The average molecular weight is 354 g/mol. The summed E-state index contributed by atoms with van der Waals surface area (Å²) >= 11 is 3.05. The van der Waals surface area contributed by atoms with Crippen molar-refractivity contribution in [2.75, 3.05) is 0 Å². The van der Waals surface area contributed by atoms with Crippen LogP contribution in [-0.4, -0.2) is 11.2 Å². The third kappa shape index (κ3) is 5.07. The molecule has 0 aliphatic heterocycles. The van der Waals surface area contributed by atoms with E-state index in [1.54, 1.807) is 0 Å². The van der Waals surface area contributed by atoms with Crippen molar-refractivity contribution in [3.8, 4) is 0 Å². The van der Waals surface area contributed by atoms with E-state index in [4.69, 9.17) is 5.73 Å². The summed E-state index contributed by atoms with van der Waals surface area (Å²) in [4.78, 5) is 0. The van der Waals surface area contributed by atoms with Crippen molar-refractivity contribution in [2.45, 2.75) is 45.0 Å². The van der Waals surface area contributed by atoms with Gasteiger partial charge in [-0.2, -0.15) is 13.2 Å². The Bertz CT molecular complexity index is 449. The van der Waals surface area contributed by atoms with Crippen molar-refractivity contribution in [3.05, 3.63) is 33.8 Å². The summed E-state index contributed by atoms with van der Waals surface area (Å²) in [6.07, 6.45) is -4.05. The summed E-state index contributed by atoms with van der Waals surface area (Å²) in [5, 5.41) is 9.98. The van der Waals surface area contributed by atoms with Crippen LogP contribution in [0.5, 0.6) is 0 Å². The molecule has 20 heavy (non-hydrogen) atoms. The van der Waals surface area contributed by atoms with Crippen molar-refractivity contribution in [3.63, 3.8) is 0 Å². The Hall–Kier alpha value is -0.590. The standard InChI is InChI=1S/C14H19BrF3NO/c1-8(2)3-4-12(20)13(19)9-5-10(14(16,17)18)7-11(15)6-9/h5-8,12-13,20H,3-4,19H2,1-2H3/t12-,13+/m0/s1. The Balaban J connectivity index is 2.92. The van der Waals surface area contributed by atoms with Crippen LogP contribution in [0.2, 0.25) is 0 Å². The van der Waals surface area contributed by atoms with Gasteiger partial charge in [0.15, 0.2) is 0 Å². The third-order valence-corrected chi connectivity index (χ3v) is 3.54. The van der Waals surface area contributed by atoms with Crippen LogP contribution in [0.15, 0.2) is 22.7 Å². The number of aliphatic hydroxyl groups excluding tert-OH is 1. The largest absolute Gasteiger partial charge is 0.416 e. The summed E-state index contributed by atoms with van der Waals surface area (Å²) in [6.45, 7) is 4.03. The maximum absolute atomic E-state index is 12.7. The van der Waals surface area contributed by atoms with Gasteiger partial charge in [0, 0.05) is 4.47 Å². The smallest absolute Gasteiger partial charge is 0.391 e.